The molecule has 2 rings (SSSR count). The van der Waals surface area contributed by atoms with Gasteiger partial charge in [-0.15, -0.1) is 0 Å². The van der Waals surface area contributed by atoms with E-state index in [1.54, 1.807) is 19.1 Å². The maximum absolute atomic E-state index is 13.3. The molecule has 17 heavy (non-hydrogen) atoms. The van der Waals surface area contributed by atoms with E-state index in [-0.39, 0.29) is 12.0 Å². The van der Waals surface area contributed by atoms with E-state index < -0.39 is 17.7 Å². The SMILES string of the molecule is Cc1ccc(C(O)Cc2cc(F)ccc2F)o1. The summed E-state index contributed by atoms with van der Waals surface area (Å²) in [4.78, 5) is 0. The summed E-state index contributed by atoms with van der Waals surface area (Å²) in [6, 6.07) is 6.50. The Bertz CT molecular complexity index is 520. The van der Waals surface area contributed by atoms with Gasteiger partial charge in [0.25, 0.3) is 0 Å². The van der Waals surface area contributed by atoms with E-state index in [9.17, 15) is 13.9 Å². The minimum absolute atomic E-state index is 0.0173. The van der Waals surface area contributed by atoms with Crippen LogP contribution in [0.4, 0.5) is 8.78 Å². The van der Waals surface area contributed by atoms with Gasteiger partial charge < -0.3 is 9.52 Å². The lowest BCUT2D eigenvalue weighted by Crippen LogP contribution is -2.03. The van der Waals surface area contributed by atoms with Crippen molar-refractivity contribution in [2.45, 2.75) is 19.4 Å². The summed E-state index contributed by atoms with van der Waals surface area (Å²) < 4.78 is 31.5. The minimum atomic E-state index is -0.972. The van der Waals surface area contributed by atoms with Crippen molar-refractivity contribution in [3.63, 3.8) is 0 Å². The van der Waals surface area contributed by atoms with Gasteiger partial charge in [0.05, 0.1) is 0 Å². The summed E-state index contributed by atoms with van der Waals surface area (Å²) in [7, 11) is 0. The molecule has 0 saturated heterocycles. The molecule has 1 N–H and O–H groups in total. The maximum atomic E-state index is 13.3. The van der Waals surface area contributed by atoms with Gasteiger partial charge in [-0.25, -0.2) is 8.78 Å². The van der Waals surface area contributed by atoms with Crippen LogP contribution in [-0.2, 0) is 6.42 Å². The zero-order chi connectivity index (χ0) is 12.4. The molecule has 1 unspecified atom stereocenters. The third-order valence-electron chi connectivity index (χ3n) is 2.51. The summed E-state index contributed by atoms with van der Waals surface area (Å²) in [5.41, 5.74) is 0.131. The summed E-state index contributed by atoms with van der Waals surface area (Å²) >= 11 is 0. The Kier molecular flexibility index (Phi) is 3.24. The van der Waals surface area contributed by atoms with Crippen LogP contribution in [-0.4, -0.2) is 5.11 Å². The standard InChI is InChI=1S/C13H12F2O2/c1-8-2-5-13(17-8)12(16)7-9-6-10(14)3-4-11(9)15/h2-6,12,16H,7H2,1H3. The van der Waals surface area contributed by atoms with Gasteiger partial charge in [0.2, 0.25) is 0 Å². The number of rotatable bonds is 3. The first-order chi connectivity index (χ1) is 8.06. The van der Waals surface area contributed by atoms with Crippen LogP contribution in [0.3, 0.4) is 0 Å². The van der Waals surface area contributed by atoms with E-state index in [1.165, 1.54) is 0 Å². The average Bonchev–Trinajstić information content (AvgIpc) is 2.70. The fourth-order valence-electron chi connectivity index (χ4n) is 1.64. The lowest BCUT2D eigenvalue weighted by atomic mass is 10.1. The lowest BCUT2D eigenvalue weighted by Gasteiger charge is -2.08. The van der Waals surface area contributed by atoms with Gasteiger partial charge in [-0.3, -0.25) is 0 Å². The van der Waals surface area contributed by atoms with Crippen LogP contribution < -0.4 is 0 Å². The number of furan rings is 1. The van der Waals surface area contributed by atoms with Crippen LogP contribution in [0.25, 0.3) is 0 Å². The van der Waals surface area contributed by atoms with Gasteiger partial charge in [-0.2, -0.15) is 0 Å². The van der Waals surface area contributed by atoms with Gasteiger partial charge in [0.15, 0.2) is 0 Å². The second-order valence-electron chi connectivity index (χ2n) is 3.90. The molecule has 0 amide bonds. The molecule has 2 nitrogen and oxygen atoms in total. The molecule has 0 aliphatic carbocycles. The highest BCUT2D eigenvalue weighted by Crippen LogP contribution is 2.22. The first-order valence-electron chi connectivity index (χ1n) is 5.24. The van der Waals surface area contributed by atoms with Gasteiger partial charge in [-0.1, -0.05) is 0 Å². The Morgan fingerprint density at radius 1 is 1.24 bits per heavy atom. The van der Waals surface area contributed by atoms with Crippen LogP contribution in [0.15, 0.2) is 34.7 Å². The number of halogens is 2. The molecule has 0 saturated carbocycles. The second kappa shape index (κ2) is 4.67. The van der Waals surface area contributed by atoms with Gasteiger partial charge in [0, 0.05) is 6.42 Å². The molecule has 0 bridgehead atoms. The number of hydrogen-bond acceptors (Lipinski definition) is 2. The van der Waals surface area contributed by atoms with E-state index in [1.807, 2.05) is 0 Å². The van der Waals surface area contributed by atoms with E-state index >= 15 is 0 Å². The fraction of sp³-hybridized carbons (Fsp3) is 0.231. The Morgan fingerprint density at radius 3 is 2.65 bits per heavy atom. The Morgan fingerprint density at radius 2 is 2.00 bits per heavy atom. The smallest absolute Gasteiger partial charge is 0.132 e. The lowest BCUT2D eigenvalue weighted by molar-refractivity contribution is 0.147. The number of aliphatic hydroxyl groups is 1. The molecule has 1 atom stereocenters. The highest BCUT2D eigenvalue weighted by Gasteiger charge is 2.15. The van der Waals surface area contributed by atoms with Crippen LogP contribution in [0.2, 0.25) is 0 Å². The van der Waals surface area contributed by atoms with Crippen molar-refractivity contribution >= 4 is 0 Å². The molecule has 4 heteroatoms. The van der Waals surface area contributed by atoms with E-state index in [0.29, 0.717) is 11.5 Å². The third-order valence-corrected chi connectivity index (χ3v) is 2.51. The number of aryl methyl sites for hydroxylation is 1. The molecule has 0 aliphatic rings. The first-order valence-corrected chi connectivity index (χ1v) is 5.24. The highest BCUT2D eigenvalue weighted by atomic mass is 19.1. The summed E-state index contributed by atoms with van der Waals surface area (Å²) in [6.45, 7) is 1.75. The third kappa shape index (κ3) is 2.71. The van der Waals surface area contributed by atoms with Crippen molar-refractivity contribution in [1.82, 2.24) is 0 Å². The summed E-state index contributed by atoms with van der Waals surface area (Å²) in [6.07, 6.45) is -0.990. The predicted molar refractivity (Wildman–Crippen MR) is 58.5 cm³/mol. The van der Waals surface area contributed by atoms with Crippen LogP contribution in [0.1, 0.15) is 23.2 Å². The zero-order valence-electron chi connectivity index (χ0n) is 9.28. The number of benzene rings is 1. The summed E-state index contributed by atoms with van der Waals surface area (Å²) in [5.74, 6) is -0.0390. The van der Waals surface area contributed by atoms with Crippen molar-refractivity contribution in [2.24, 2.45) is 0 Å². The monoisotopic (exact) mass is 238 g/mol. The molecular weight excluding hydrogens is 226 g/mol. The molecule has 0 aliphatic heterocycles. The van der Waals surface area contributed by atoms with Crippen molar-refractivity contribution in [3.8, 4) is 0 Å². The quantitative estimate of drug-likeness (QED) is 0.891. The highest BCUT2D eigenvalue weighted by molar-refractivity contribution is 5.21. The zero-order valence-corrected chi connectivity index (χ0v) is 9.28. The molecule has 0 fully saturated rings. The molecule has 90 valence electrons. The predicted octanol–water partition coefficient (Wildman–Crippen LogP) is 3.14. The first kappa shape index (κ1) is 11.8. The van der Waals surface area contributed by atoms with Crippen molar-refractivity contribution in [2.75, 3.05) is 0 Å². The molecular formula is C13H12F2O2. The van der Waals surface area contributed by atoms with E-state index in [2.05, 4.69) is 0 Å². The number of aliphatic hydroxyl groups excluding tert-OH is 1. The Labute approximate surface area is 97.5 Å². The normalized spacial score (nSPS) is 12.7. The topological polar surface area (TPSA) is 33.4 Å². The average molecular weight is 238 g/mol. The van der Waals surface area contributed by atoms with Crippen LogP contribution >= 0.6 is 0 Å². The maximum Gasteiger partial charge on any atom is 0.132 e. The largest absolute Gasteiger partial charge is 0.464 e. The Hall–Kier alpha value is -1.68. The molecule has 1 heterocycles. The molecule has 2 aromatic rings. The molecule has 1 aromatic heterocycles. The number of hydrogen-bond donors (Lipinski definition) is 1. The van der Waals surface area contributed by atoms with Gasteiger partial charge in [0.1, 0.15) is 29.3 Å². The molecule has 0 radical (unpaired) electrons. The minimum Gasteiger partial charge on any atom is -0.464 e. The van der Waals surface area contributed by atoms with Crippen molar-refractivity contribution < 1.29 is 18.3 Å². The van der Waals surface area contributed by atoms with Crippen molar-refractivity contribution in [1.29, 1.82) is 0 Å². The van der Waals surface area contributed by atoms with Gasteiger partial charge in [-0.05, 0) is 42.8 Å². The fourth-order valence-corrected chi connectivity index (χ4v) is 1.64. The summed E-state index contributed by atoms with van der Waals surface area (Å²) in [5, 5.41) is 9.82. The van der Waals surface area contributed by atoms with E-state index in [0.717, 1.165) is 18.2 Å². The molecule has 1 aromatic carbocycles. The van der Waals surface area contributed by atoms with Gasteiger partial charge >= 0.3 is 0 Å². The van der Waals surface area contributed by atoms with Crippen molar-refractivity contribution in [3.05, 3.63) is 59.1 Å². The molecule has 0 spiro atoms. The van der Waals surface area contributed by atoms with E-state index in [4.69, 9.17) is 4.42 Å². The van der Waals surface area contributed by atoms with Crippen LogP contribution in [0.5, 0.6) is 0 Å². The van der Waals surface area contributed by atoms with Crippen LogP contribution in [0, 0.1) is 18.6 Å². The second-order valence-corrected chi connectivity index (χ2v) is 3.90. The Balaban J connectivity index is 2.18.